The summed E-state index contributed by atoms with van der Waals surface area (Å²) in [7, 11) is 0. The van der Waals surface area contributed by atoms with Crippen LogP contribution in [0.1, 0.15) is 27.8 Å². The average Bonchev–Trinajstić information content (AvgIpc) is 2.84. The molecule has 1 aliphatic heterocycles. The van der Waals surface area contributed by atoms with Crippen LogP contribution in [0.2, 0.25) is 6.82 Å². The van der Waals surface area contributed by atoms with E-state index in [1.807, 2.05) is 38.1 Å². The lowest BCUT2D eigenvalue weighted by atomic mass is 9.62. The van der Waals surface area contributed by atoms with E-state index in [1.54, 1.807) is 0 Å². The Kier molecular flexibility index (Phi) is 3.68. The van der Waals surface area contributed by atoms with E-state index in [2.05, 4.69) is 19.8 Å². The van der Waals surface area contributed by atoms with Gasteiger partial charge < -0.3 is 9.39 Å². The van der Waals surface area contributed by atoms with E-state index in [-0.39, 0.29) is 6.92 Å². The second kappa shape index (κ2) is 5.51. The van der Waals surface area contributed by atoms with E-state index < -0.39 is 0 Å². The summed E-state index contributed by atoms with van der Waals surface area (Å²) in [6, 6.07) is 10.0. The molecule has 0 aliphatic carbocycles. The van der Waals surface area contributed by atoms with Crippen LogP contribution in [0.25, 0.3) is 0 Å². The van der Waals surface area contributed by atoms with E-state index in [1.165, 1.54) is 16.6 Å². The van der Waals surface area contributed by atoms with Crippen molar-refractivity contribution in [3.63, 3.8) is 0 Å². The first-order chi connectivity index (χ1) is 10.5. The third kappa shape index (κ3) is 2.49. The number of nitrogens with zero attached hydrogens (tertiary/aromatic N) is 1. The molecule has 0 spiro atoms. The Balaban J connectivity index is 2.00. The summed E-state index contributed by atoms with van der Waals surface area (Å²) in [5, 5.41) is 9.31. The molecule has 3 rings (SSSR count). The van der Waals surface area contributed by atoms with E-state index in [4.69, 9.17) is 9.39 Å². The molecule has 0 aromatic heterocycles. The van der Waals surface area contributed by atoms with E-state index in [0.29, 0.717) is 17.9 Å². The van der Waals surface area contributed by atoms with Gasteiger partial charge in [-0.2, -0.15) is 5.26 Å². The first-order valence-corrected chi connectivity index (χ1v) is 7.44. The zero-order chi connectivity index (χ0) is 15.9. The number of rotatable bonds is 2. The van der Waals surface area contributed by atoms with Crippen molar-refractivity contribution in [2.45, 2.75) is 34.2 Å². The molecule has 1 aliphatic rings. The maximum Gasteiger partial charge on any atom is 0.324 e. The minimum atomic E-state index is 0.139. The van der Waals surface area contributed by atoms with Crippen molar-refractivity contribution < 1.29 is 9.39 Å². The molecule has 0 radical (unpaired) electrons. The zero-order valence-corrected chi connectivity index (χ0v) is 13.4. The highest BCUT2D eigenvalue weighted by atomic mass is 16.5. The van der Waals surface area contributed by atoms with Crippen molar-refractivity contribution in [2.24, 2.45) is 0 Å². The number of benzene rings is 2. The van der Waals surface area contributed by atoms with Gasteiger partial charge in [0.25, 0.3) is 0 Å². The van der Waals surface area contributed by atoms with Gasteiger partial charge in [-0.25, -0.2) is 0 Å². The van der Waals surface area contributed by atoms with Gasteiger partial charge in [0.05, 0.1) is 12.2 Å². The molecule has 110 valence electrons. The fourth-order valence-corrected chi connectivity index (χ4v) is 2.98. The SMILES string of the molecule is CB1OCc2cc(Oc3cc(C)c(C)cc3C#N)cc(C)c21. The molecule has 0 amide bonds. The predicted molar refractivity (Wildman–Crippen MR) is 87.9 cm³/mol. The average molecular weight is 291 g/mol. The van der Waals surface area contributed by atoms with E-state index in [0.717, 1.165) is 16.9 Å². The molecule has 0 atom stereocenters. The third-order valence-electron chi connectivity index (χ3n) is 4.29. The van der Waals surface area contributed by atoms with Crippen LogP contribution in [-0.4, -0.2) is 6.92 Å². The Bertz CT molecular complexity index is 793. The largest absolute Gasteiger partial charge is 0.456 e. The van der Waals surface area contributed by atoms with Crippen molar-refractivity contribution in [1.29, 1.82) is 5.26 Å². The van der Waals surface area contributed by atoms with Gasteiger partial charge in [-0.15, -0.1) is 0 Å². The first-order valence-electron chi connectivity index (χ1n) is 7.44. The summed E-state index contributed by atoms with van der Waals surface area (Å²) >= 11 is 0. The summed E-state index contributed by atoms with van der Waals surface area (Å²) in [6.07, 6.45) is 0. The number of nitriles is 1. The molecule has 0 bridgehead atoms. The summed E-state index contributed by atoms with van der Waals surface area (Å²) in [6.45, 7) is 8.91. The van der Waals surface area contributed by atoms with Crippen LogP contribution in [-0.2, 0) is 11.3 Å². The standard InChI is InChI=1S/C18H18BNO2/c1-11-5-14(9-20)17(7-12(11)2)22-16-6-13(3)18-15(8-16)10-21-19(18)4/h5-8H,10H2,1-4H3. The van der Waals surface area contributed by atoms with Crippen molar-refractivity contribution >= 4 is 12.4 Å². The van der Waals surface area contributed by atoms with Crippen LogP contribution in [0.5, 0.6) is 11.5 Å². The molecule has 3 nitrogen and oxygen atoms in total. The van der Waals surface area contributed by atoms with Gasteiger partial charge in [-0.05, 0) is 72.8 Å². The zero-order valence-electron chi connectivity index (χ0n) is 13.4. The lowest BCUT2D eigenvalue weighted by molar-refractivity contribution is 0.333. The summed E-state index contributed by atoms with van der Waals surface area (Å²) in [4.78, 5) is 0. The minimum absolute atomic E-state index is 0.139. The van der Waals surface area contributed by atoms with Crippen LogP contribution in [0.3, 0.4) is 0 Å². The number of ether oxygens (including phenoxy) is 1. The minimum Gasteiger partial charge on any atom is -0.456 e. The summed E-state index contributed by atoms with van der Waals surface area (Å²) in [5.74, 6) is 1.37. The second-order valence-corrected chi connectivity index (χ2v) is 5.91. The highest BCUT2D eigenvalue weighted by Gasteiger charge is 2.26. The van der Waals surface area contributed by atoms with Crippen LogP contribution in [0.15, 0.2) is 24.3 Å². The lowest BCUT2D eigenvalue weighted by Crippen LogP contribution is -2.26. The van der Waals surface area contributed by atoms with Gasteiger partial charge in [-0.1, -0.05) is 6.82 Å². The van der Waals surface area contributed by atoms with Crippen molar-refractivity contribution in [3.8, 4) is 17.6 Å². The molecular formula is C18H18BNO2. The van der Waals surface area contributed by atoms with Crippen molar-refractivity contribution in [2.75, 3.05) is 0 Å². The van der Waals surface area contributed by atoms with Crippen molar-refractivity contribution in [1.82, 2.24) is 0 Å². The van der Waals surface area contributed by atoms with Crippen LogP contribution >= 0.6 is 0 Å². The van der Waals surface area contributed by atoms with Crippen LogP contribution in [0.4, 0.5) is 0 Å². The molecule has 0 N–H and O–H groups in total. The predicted octanol–water partition coefficient (Wildman–Crippen LogP) is 3.63. The van der Waals surface area contributed by atoms with Gasteiger partial charge in [0.1, 0.15) is 17.6 Å². The maximum absolute atomic E-state index is 9.31. The molecule has 22 heavy (non-hydrogen) atoms. The highest BCUT2D eigenvalue weighted by Crippen LogP contribution is 2.30. The van der Waals surface area contributed by atoms with Gasteiger partial charge in [0.2, 0.25) is 0 Å². The number of fused-ring (bicyclic) bond motifs is 1. The summed E-state index contributed by atoms with van der Waals surface area (Å²) < 4.78 is 11.7. The first kappa shape index (κ1) is 14.7. The molecule has 2 aromatic rings. The topological polar surface area (TPSA) is 42.2 Å². The van der Waals surface area contributed by atoms with Crippen LogP contribution in [0, 0.1) is 32.1 Å². The Labute approximate surface area is 131 Å². The second-order valence-electron chi connectivity index (χ2n) is 5.91. The van der Waals surface area contributed by atoms with Gasteiger partial charge in [0, 0.05) is 0 Å². The Morgan fingerprint density at radius 2 is 1.82 bits per heavy atom. The van der Waals surface area contributed by atoms with Crippen molar-refractivity contribution in [3.05, 3.63) is 52.1 Å². The maximum atomic E-state index is 9.31. The fourth-order valence-electron chi connectivity index (χ4n) is 2.98. The molecular weight excluding hydrogens is 273 g/mol. The molecule has 0 saturated carbocycles. The monoisotopic (exact) mass is 291 g/mol. The molecule has 2 aromatic carbocycles. The number of aryl methyl sites for hydroxylation is 3. The number of hydrogen-bond acceptors (Lipinski definition) is 3. The Hall–Kier alpha value is -2.25. The van der Waals surface area contributed by atoms with E-state index >= 15 is 0 Å². The van der Waals surface area contributed by atoms with Gasteiger partial charge in [-0.3, -0.25) is 0 Å². The Morgan fingerprint density at radius 1 is 1.09 bits per heavy atom. The molecule has 1 heterocycles. The molecule has 0 fully saturated rings. The van der Waals surface area contributed by atoms with Gasteiger partial charge in [0.15, 0.2) is 0 Å². The molecule has 0 saturated heterocycles. The fraction of sp³-hybridized carbons (Fsp3) is 0.278. The van der Waals surface area contributed by atoms with E-state index in [9.17, 15) is 5.26 Å². The third-order valence-corrected chi connectivity index (χ3v) is 4.29. The summed E-state index contributed by atoms with van der Waals surface area (Å²) in [5.41, 5.74) is 6.36. The Morgan fingerprint density at radius 3 is 2.55 bits per heavy atom. The number of hydrogen-bond donors (Lipinski definition) is 0. The van der Waals surface area contributed by atoms with Gasteiger partial charge >= 0.3 is 6.92 Å². The van der Waals surface area contributed by atoms with Crippen LogP contribution < -0.4 is 10.2 Å². The molecule has 4 heteroatoms. The quantitative estimate of drug-likeness (QED) is 0.793. The lowest BCUT2D eigenvalue weighted by Gasteiger charge is -2.13. The normalized spacial score (nSPS) is 13.0. The molecule has 0 unspecified atom stereocenters. The highest BCUT2D eigenvalue weighted by molar-refractivity contribution is 6.68. The smallest absolute Gasteiger partial charge is 0.324 e.